The van der Waals surface area contributed by atoms with Gasteiger partial charge >= 0.3 is 0 Å². The lowest BCUT2D eigenvalue weighted by atomic mass is 9.90. The summed E-state index contributed by atoms with van der Waals surface area (Å²) in [6, 6.07) is 0. The molecule has 0 aromatic carbocycles. The molecule has 4 nitrogen and oxygen atoms in total. The maximum Gasteiger partial charge on any atom is 0.243 e. The molecule has 0 radical (unpaired) electrons. The molecule has 2 heterocycles. The monoisotopic (exact) mass is 197 g/mol. The van der Waals surface area contributed by atoms with Crippen molar-refractivity contribution in [2.45, 2.75) is 31.2 Å². The molecule has 0 spiro atoms. The molecule has 1 atom stereocenters. The van der Waals surface area contributed by atoms with Gasteiger partial charge < -0.3 is 16.0 Å². The molecule has 1 amide bonds. The molecule has 0 saturated carbocycles. The van der Waals surface area contributed by atoms with Gasteiger partial charge in [-0.15, -0.1) is 0 Å². The minimum Gasteiger partial charge on any atom is -0.341 e. The molecule has 80 valence electrons. The van der Waals surface area contributed by atoms with Crippen LogP contribution >= 0.6 is 0 Å². The Hall–Kier alpha value is -0.610. The number of piperidine rings is 1. The van der Waals surface area contributed by atoms with Gasteiger partial charge in [0.15, 0.2) is 0 Å². The molecule has 2 aliphatic rings. The lowest BCUT2D eigenvalue weighted by Gasteiger charge is -2.35. The summed E-state index contributed by atoms with van der Waals surface area (Å²) in [5.41, 5.74) is 5.51. The van der Waals surface area contributed by atoms with Crippen molar-refractivity contribution in [3.63, 3.8) is 0 Å². The van der Waals surface area contributed by atoms with Crippen LogP contribution in [0.15, 0.2) is 0 Å². The molecule has 2 rings (SSSR count). The highest BCUT2D eigenvalue weighted by atomic mass is 16.2. The summed E-state index contributed by atoms with van der Waals surface area (Å²) in [4.78, 5) is 14.0. The fraction of sp³-hybridized carbons (Fsp3) is 0.900. The summed E-state index contributed by atoms with van der Waals surface area (Å²) in [5, 5.41) is 3.21. The van der Waals surface area contributed by atoms with Gasteiger partial charge in [0.25, 0.3) is 0 Å². The highest BCUT2D eigenvalue weighted by Crippen LogP contribution is 2.19. The van der Waals surface area contributed by atoms with Gasteiger partial charge in [0.05, 0.1) is 0 Å². The van der Waals surface area contributed by atoms with Crippen LogP contribution in [-0.2, 0) is 4.79 Å². The largest absolute Gasteiger partial charge is 0.341 e. The second kappa shape index (κ2) is 3.87. The molecule has 2 saturated heterocycles. The molecule has 2 aliphatic heterocycles. The van der Waals surface area contributed by atoms with Crippen LogP contribution in [0.25, 0.3) is 0 Å². The molecule has 0 aliphatic carbocycles. The number of carbonyl (C=O) groups is 1. The smallest absolute Gasteiger partial charge is 0.243 e. The Labute approximate surface area is 84.8 Å². The Balaban J connectivity index is 2.00. The average molecular weight is 197 g/mol. The number of likely N-dealkylation sites (tertiary alicyclic amines) is 1. The molecule has 3 N–H and O–H groups in total. The van der Waals surface area contributed by atoms with Crippen LogP contribution < -0.4 is 11.1 Å². The van der Waals surface area contributed by atoms with E-state index in [1.54, 1.807) is 0 Å². The van der Waals surface area contributed by atoms with Crippen LogP contribution in [0.4, 0.5) is 0 Å². The third-order valence-electron chi connectivity index (χ3n) is 3.24. The van der Waals surface area contributed by atoms with E-state index in [2.05, 4.69) is 5.32 Å². The minimum absolute atomic E-state index is 0.155. The van der Waals surface area contributed by atoms with Crippen molar-refractivity contribution in [1.29, 1.82) is 0 Å². The lowest BCUT2D eigenvalue weighted by molar-refractivity contribution is -0.136. The first kappa shape index (κ1) is 9.93. The number of rotatable bonds is 1. The van der Waals surface area contributed by atoms with Crippen LogP contribution in [0.3, 0.4) is 0 Å². The van der Waals surface area contributed by atoms with Crippen molar-refractivity contribution in [1.82, 2.24) is 10.2 Å². The van der Waals surface area contributed by atoms with Crippen molar-refractivity contribution in [3.8, 4) is 0 Å². The van der Waals surface area contributed by atoms with E-state index in [-0.39, 0.29) is 5.91 Å². The summed E-state index contributed by atoms with van der Waals surface area (Å²) in [6.07, 6.45) is 4.11. The third-order valence-corrected chi connectivity index (χ3v) is 3.24. The van der Waals surface area contributed by atoms with E-state index < -0.39 is 5.54 Å². The van der Waals surface area contributed by atoms with Gasteiger partial charge in [-0.3, -0.25) is 4.79 Å². The Morgan fingerprint density at radius 1 is 1.29 bits per heavy atom. The van der Waals surface area contributed by atoms with E-state index in [9.17, 15) is 4.79 Å². The van der Waals surface area contributed by atoms with Crippen LogP contribution in [0.1, 0.15) is 25.7 Å². The maximum absolute atomic E-state index is 12.1. The number of nitrogens with one attached hydrogen (secondary N) is 1. The highest BCUT2D eigenvalue weighted by molar-refractivity contribution is 5.86. The van der Waals surface area contributed by atoms with Crippen LogP contribution in [0.5, 0.6) is 0 Å². The number of carbonyl (C=O) groups excluding carboxylic acids is 1. The summed E-state index contributed by atoms with van der Waals surface area (Å²) < 4.78 is 0. The topological polar surface area (TPSA) is 58.4 Å². The summed E-state index contributed by atoms with van der Waals surface area (Å²) in [7, 11) is 0. The highest BCUT2D eigenvalue weighted by Gasteiger charge is 2.38. The van der Waals surface area contributed by atoms with E-state index in [1.807, 2.05) is 4.90 Å². The van der Waals surface area contributed by atoms with E-state index in [0.29, 0.717) is 6.54 Å². The Kier molecular flexibility index (Phi) is 2.74. The summed E-state index contributed by atoms with van der Waals surface area (Å²) in [5.74, 6) is 0.155. The van der Waals surface area contributed by atoms with Gasteiger partial charge in [-0.25, -0.2) is 0 Å². The molecule has 0 bridgehead atoms. The van der Waals surface area contributed by atoms with Crippen LogP contribution in [0.2, 0.25) is 0 Å². The first-order valence-electron chi connectivity index (χ1n) is 5.51. The summed E-state index contributed by atoms with van der Waals surface area (Å²) in [6.45, 7) is 3.43. The Morgan fingerprint density at radius 3 is 2.57 bits per heavy atom. The zero-order chi connectivity index (χ0) is 10.0. The van der Waals surface area contributed by atoms with Gasteiger partial charge in [-0.2, -0.15) is 0 Å². The quantitative estimate of drug-likeness (QED) is 0.606. The SMILES string of the molecule is NC1(C(=O)N2CCCC2)CCCNC1. The predicted molar refractivity (Wildman–Crippen MR) is 54.8 cm³/mol. The van der Waals surface area contributed by atoms with Crippen LogP contribution in [0, 0.1) is 0 Å². The Bertz CT molecular complexity index is 217. The fourth-order valence-electron chi connectivity index (χ4n) is 2.35. The standard InChI is InChI=1S/C10H19N3O/c11-10(4-3-5-12-8-10)9(14)13-6-1-2-7-13/h12H,1-8,11H2. The summed E-state index contributed by atoms with van der Waals surface area (Å²) >= 11 is 0. The van der Waals surface area contributed by atoms with Gasteiger partial charge in [0.1, 0.15) is 5.54 Å². The van der Waals surface area contributed by atoms with E-state index >= 15 is 0 Å². The average Bonchev–Trinajstić information content (AvgIpc) is 2.70. The van der Waals surface area contributed by atoms with Gasteiger partial charge in [0, 0.05) is 19.6 Å². The Morgan fingerprint density at radius 2 is 2.00 bits per heavy atom. The zero-order valence-electron chi connectivity index (χ0n) is 8.59. The number of nitrogens with zero attached hydrogens (tertiary/aromatic N) is 1. The number of nitrogens with two attached hydrogens (primary N) is 1. The van der Waals surface area contributed by atoms with Crippen molar-refractivity contribution in [3.05, 3.63) is 0 Å². The third kappa shape index (κ3) is 1.77. The van der Waals surface area contributed by atoms with Crippen molar-refractivity contribution >= 4 is 5.91 Å². The molecular formula is C10H19N3O. The van der Waals surface area contributed by atoms with E-state index in [1.165, 1.54) is 0 Å². The zero-order valence-corrected chi connectivity index (χ0v) is 8.59. The second-order valence-electron chi connectivity index (χ2n) is 4.44. The molecule has 2 fully saturated rings. The fourth-order valence-corrected chi connectivity index (χ4v) is 2.35. The lowest BCUT2D eigenvalue weighted by Crippen LogP contribution is -2.62. The molecule has 14 heavy (non-hydrogen) atoms. The number of hydrogen-bond donors (Lipinski definition) is 2. The maximum atomic E-state index is 12.1. The molecular weight excluding hydrogens is 178 g/mol. The number of hydrogen-bond acceptors (Lipinski definition) is 3. The van der Waals surface area contributed by atoms with Gasteiger partial charge in [-0.05, 0) is 32.2 Å². The second-order valence-corrected chi connectivity index (χ2v) is 4.44. The molecule has 4 heteroatoms. The normalized spacial score (nSPS) is 33.4. The first-order valence-corrected chi connectivity index (χ1v) is 5.51. The van der Waals surface area contributed by atoms with E-state index in [4.69, 9.17) is 5.73 Å². The van der Waals surface area contributed by atoms with Crippen LogP contribution in [-0.4, -0.2) is 42.5 Å². The van der Waals surface area contributed by atoms with Crippen molar-refractivity contribution < 1.29 is 4.79 Å². The minimum atomic E-state index is -0.622. The van der Waals surface area contributed by atoms with Crippen molar-refractivity contribution in [2.75, 3.05) is 26.2 Å². The molecule has 0 aromatic rings. The first-order chi connectivity index (χ1) is 6.72. The number of amides is 1. The van der Waals surface area contributed by atoms with E-state index in [0.717, 1.165) is 45.3 Å². The van der Waals surface area contributed by atoms with Crippen molar-refractivity contribution in [2.24, 2.45) is 5.73 Å². The molecule has 1 unspecified atom stereocenters. The predicted octanol–water partition coefficient (Wildman–Crippen LogP) is -0.310. The van der Waals surface area contributed by atoms with Gasteiger partial charge in [0.2, 0.25) is 5.91 Å². The molecule has 0 aromatic heterocycles. The van der Waals surface area contributed by atoms with Gasteiger partial charge in [-0.1, -0.05) is 0 Å².